The maximum absolute atomic E-state index is 14.8. The number of halogens is 3. The van der Waals surface area contributed by atoms with Crippen LogP contribution in [-0.4, -0.2) is 41.9 Å². The van der Waals surface area contributed by atoms with Gasteiger partial charge in [-0.2, -0.15) is 9.40 Å². The van der Waals surface area contributed by atoms with Crippen LogP contribution < -0.4 is 5.73 Å². The molecule has 10 heteroatoms. The minimum atomic E-state index is -4.20. The van der Waals surface area contributed by atoms with E-state index in [1.165, 1.54) is 12.1 Å². The van der Waals surface area contributed by atoms with Gasteiger partial charge in [0.25, 0.3) is 5.92 Å². The van der Waals surface area contributed by atoms with Crippen LogP contribution in [-0.2, 0) is 10.0 Å². The summed E-state index contributed by atoms with van der Waals surface area (Å²) >= 11 is 0. The van der Waals surface area contributed by atoms with Gasteiger partial charge in [0.15, 0.2) is 5.82 Å². The molecular formula is C18H17F3N4O2S. The molecule has 0 amide bonds. The molecule has 1 aliphatic heterocycles. The lowest BCUT2D eigenvalue weighted by Gasteiger charge is -2.17. The van der Waals surface area contributed by atoms with Crippen molar-refractivity contribution in [1.82, 2.24) is 14.5 Å². The third kappa shape index (κ3) is 2.92. The van der Waals surface area contributed by atoms with Gasteiger partial charge in [0.2, 0.25) is 10.0 Å². The van der Waals surface area contributed by atoms with E-state index in [2.05, 4.69) is 10.2 Å². The summed E-state index contributed by atoms with van der Waals surface area (Å²) in [6.07, 6.45) is -0.544. The number of nitrogens with two attached hydrogens (primary N) is 1. The van der Waals surface area contributed by atoms with Crippen molar-refractivity contribution in [3.05, 3.63) is 41.7 Å². The Morgan fingerprint density at radius 2 is 1.93 bits per heavy atom. The fourth-order valence-electron chi connectivity index (χ4n) is 3.54. The van der Waals surface area contributed by atoms with Gasteiger partial charge in [0, 0.05) is 23.9 Å². The Labute approximate surface area is 159 Å². The van der Waals surface area contributed by atoms with Crippen molar-refractivity contribution < 1.29 is 21.6 Å². The Balaban J connectivity index is 1.75. The molecule has 0 atom stereocenters. The van der Waals surface area contributed by atoms with Crippen LogP contribution in [0.4, 0.5) is 19.0 Å². The third-order valence-electron chi connectivity index (χ3n) is 5.02. The van der Waals surface area contributed by atoms with Crippen LogP contribution in [0.3, 0.4) is 0 Å². The Morgan fingerprint density at radius 3 is 2.57 bits per heavy atom. The Kier molecular flexibility index (Phi) is 4.16. The number of fused-ring (bicyclic) bond motifs is 1. The van der Waals surface area contributed by atoms with E-state index in [0.717, 1.165) is 6.07 Å². The summed E-state index contributed by atoms with van der Waals surface area (Å²) in [5.41, 5.74) is 7.97. The smallest absolute Gasteiger partial charge is 0.262 e. The molecule has 1 fully saturated rings. The molecule has 1 aliphatic rings. The SMILES string of the molecule is Cc1c(-c2ccc(S(=O)(=O)N3CCC(F)(F)C3)cc2F)ccc2[nH]nc(N)c12. The molecule has 3 aromatic rings. The molecule has 1 aromatic heterocycles. The number of hydrogen-bond donors (Lipinski definition) is 2. The number of nitrogens with zero attached hydrogens (tertiary/aromatic N) is 2. The number of hydrogen-bond acceptors (Lipinski definition) is 4. The quantitative estimate of drug-likeness (QED) is 0.693. The van der Waals surface area contributed by atoms with Crippen molar-refractivity contribution in [3.63, 3.8) is 0 Å². The van der Waals surface area contributed by atoms with Gasteiger partial charge in [-0.1, -0.05) is 12.1 Å². The van der Waals surface area contributed by atoms with Crippen LogP contribution in [0.25, 0.3) is 22.0 Å². The van der Waals surface area contributed by atoms with Crippen LogP contribution in [0, 0.1) is 12.7 Å². The fourth-order valence-corrected chi connectivity index (χ4v) is 5.02. The second kappa shape index (κ2) is 6.21. The highest BCUT2D eigenvalue weighted by Crippen LogP contribution is 2.35. The van der Waals surface area contributed by atoms with Crippen molar-refractivity contribution in [2.75, 3.05) is 18.8 Å². The average molecular weight is 410 g/mol. The van der Waals surface area contributed by atoms with Crippen LogP contribution in [0.2, 0.25) is 0 Å². The van der Waals surface area contributed by atoms with Gasteiger partial charge in [-0.15, -0.1) is 0 Å². The van der Waals surface area contributed by atoms with E-state index in [4.69, 9.17) is 5.73 Å². The van der Waals surface area contributed by atoms with E-state index in [0.29, 0.717) is 26.3 Å². The van der Waals surface area contributed by atoms with Crippen molar-refractivity contribution in [3.8, 4) is 11.1 Å². The van der Waals surface area contributed by atoms with Crippen molar-refractivity contribution >= 4 is 26.7 Å². The maximum atomic E-state index is 14.8. The minimum Gasteiger partial charge on any atom is -0.382 e. The van der Waals surface area contributed by atoms with Crippen LogP contribution in [0.15, 0.2) is 35.2 Å². The largest absolute Gasteiger partial charge is 0.382 e. The number of benzene rings is 2. The average Bonchev–Trinajstić information content (AvgIpc) is 3.19. The molecule has 28 heavy (non-hydrogen) atoms. The molecule has 0 radical (unpaired) electrons. The first-order valence-electron chi connectivity index (χ1n) is 8.51. The highest BCUT2D eigenvalue weighted by atomic mass is 32.2. The molecule has 2 heterocycles. The van der Waals surface area contributed by atoms with E-state index in [1.807, 2.05) is 0 Å². The van der Waals surface area contributed by atoms with Gasteiger partial charge in [-0.05, 0) is 36.2 Å². The summed E-state index contributed by atoms with van der Waals surface area (Å²) in [7, 11) is -4.20. The number of nitrogens with one attached hydrogen (secondary N) is 1. The topological polar surface area (TPSA) is 92.1 Å². The van der Waals surface area contributed by atoms with Gasteiger partial charge in [-0.25, -0.2) is 21.6 Å². The standard InChI is InChI=1S/C18H17F3N4O2S/c1-10-12(4-5-15-16(10)17(22)24-23-15)13-3-2-11(8-14(13)19)28(26,27)25-7-6-18(20,21)9-25/h2-5,8H,6-7,9H2,1H3,(H3,22,23,24). The number of nitrogen functional groups attached to an aromatic ring is 1. The molecular weight excluding hydrogens is 393 g/mol. The Hall–Kier alpha value is -2.59. The van der Waals surface area contributed by atoms with Crippen LogP contribution in [0.5, 0.6) is 0 Å². The second-order valence-corrected chi connectivity index (χ2v) is 8.79. The zero-order chi connectivity index (χ0) is 20.3. The lowest BCUT2D eigenvalue weighted by molar-refractivity contribution is 0.0183. The van der Waals surface area contributed by atoms with Crippen molar-refractivity contribution in [2.45, 2.75) is 24.2 Å². The molecule has 3 N–H and O–H groups in total. The predicted octanol–water partition coefficient (Wildman–Crippen LogP) is 3.29. The van der Waals surface area contributed by atoms with E-state index in [-0.39, 0.29) is 22.8 Å². The number of rotatable bonds is 3. The summed E-state index contributed by atoms with van der Waals surface area (Å²) in [4.78, 5) is -0.354. The number of H-pyrrole nitrogens is 1. The molecule has 0 spiro atoms. The zero-order valence-corrected chi connectivity index (χ0v) is 15.7. The Morgan fingerprint density at radius 1 is 1.21 bits per heavy atom. The van der Waals surface area contributed by atoms with Crippen LogP contribution in [0.1, 0.15) is 12.0 Å². The van der Waals surface area contributed by atoms with Gasteiger partial charge in [0.1, 0.15) is 5.82 Å². The Bertz CT molecular complexity index is 1190. The fraction of sp³-hybridized carbons (Fsp3) is 0.278. The summed E-state index contributed by atoms with van der Waals surface area (Å²) in [6.45, 7) is 0.572. The molecule has 0 bridgehead atoms. The predicted molar refractivity (Wildman–Crippen MR) is 99.0 cm³/mol. The van der Waals surface area contributed by atoms with E-state index < -0.39 is 34.7 Å². The summed E-state index contributed by atoms with van der Waals surface area (Å²) < 4.78 is 67.4. The molecule has 148 valence electrons. The highest BCUT2D eigenvalue weighted by molar-refractivity contribution is 7.89. The summed E-state index contributed by atoms with van der Waals surface area (Å²) in [5, 5.41) is 7.36. The first kappa shape index (κ1) is 18.8. The monoisotopic (exact) mass is 410 g/mol. The van der Waals surface area contributed by atoms with Gasteiger partial charge in [-0.3, -0.25) is 5.10 Å². The van der Waals surface area contributed by atoms with Crippen LogP contribution >= 0.6 is 0 Å². The van der Waals surface area contributed by atoms with Gasteiger partial charge >= 0.3 is 0 Å². The number of alkyl halides is 2. The van der Waals surface area contributed by atoms with E-state index >= 15 is 0 Å². The van der Waals surface area contributed by atoms with Crippen molar-refractivity contribution in [2.24, 2.45) is 0 Å². The molecule has 4 rings (SSSR count). The molecule has 0 unspecified atom stereocenters. The molecule has 2 aromatic carbocycles. The van der Waals surface area contributed by atoms with Crippen molar-refractivity contribution in [1.29, 1.82) is 0 Å². The molecule has 0 aliphatic carbocycles. The molecule has 0 saturated carbocycles. The minimum absolute atomic E-state index is 0.186. The summed E-state index contributed by atoms with van der Waals surface area (Å²) in [5.74, 6) is -3.55. The number of sulfonamides is 1. The number of aromatic nitrogens is 2. The maximum Gasteiger partial charge on any atom is 0.262 e. The first-order chi connectivity index (χ1) is 13.1. The van der Waals surface area contributed by atoms with E-state index in [1.54, 1.807) is 19.1 Å². The number of aromatic amines is 1. The van der Waals surface area contributed by atoms with Gasteiger partial charge < -0.3 is 5.73 Å². The van der Waals surface area contributed by atoms with E-state index in [9.17, 15) is 21.6 Å². The zero-order valence-electron chi connectivity index (χ0n) is 14.8. The third-order valence-corrected chi connectivity index (χ3v) is 6.86. The number of anilines is 1. The normalized spacial score (nSPS) is 17.4. The first-order valence-corrected chi connectivity index (χ1v) is 9.95. The lowest BCUT2D eigenvalue weighted by Crippen LogP contribution is -2.31. The molecule has 1 saturated heterocycles. The molecule has 6 nitrogen and oxygen atoms in total. The second-order valence-electron chi connectivity index (χ2n) is 6.86. The highest BCUT2D eigenvalue weighted by Gasteiger charge is 2.43. The van der Waals surface area contributed by atoms with Gasteiger partial charge in [0.05, 0.1) is 17.0 Å². The lowest BCUT2D eigenvalue weighted by atomic mass is 9.97. The summed E-state index contributed by atoms with van der Waals surface area (Å²) in [6, 6.07) is 6.82. The number of aryl methyl sites for hydroxylation is 1.